The van der Waals surface area contributed by atoms with Crippen molar-refractivity contribution in [3.63, 3.8) is 0 Å². The second-order valence-electron chi connectivity index (χ2n) is 2.13. The quantitative estimate of drug-likeness (QED) is 0.433. The highest BCUT2D eigenvalue weighted by atomic mass is 28.2. The Labute approximate surface area is 59.2 Å². The van der Waals surface area contributed by atoms with Gasteiger partial charge in [0, 0.05) is 13.7 Å². The molecule has 0 radical (unpaired) electrons. The van der Waals surface area contributed by atoms with E-state index in [1.807, 2.05) is 0 Å². The zero-order chi connectivity index (χ0) is 6.95. The van der Waals surface area contributed by atoms with Gasteiger partial charge in [0.05, 0.1) is 0 Å². The van der Waals surface area contributed by atoms with E-state index in [0.29, 0.717) is 6.61 Å². The lowest BCUT2D eigenvalue weighted by molar-refractivity contribution is 0.284. The highest BCUT2D eigenvalue weighted by Crippen LogP contribution is 1.97. The molecule has 0 aromatic rings. The average molecular weight is 148 g/mol. The molecule has 3 heteroatoms. The van der Waals surface area contributed by atoms with Crippen LogP contribution in [0, 0.1) is 0 Å². The molecule has 0 unspecified atom stereocenters. The third kappa shape index (κ3) is 8.14. The van der Waals surface area contributed by atoms with E-state index in [9.17, 15) is 0 Å². The van der Waals surface area contributed by atoms with Crippen LogP contribution in [0.5, 0.6) is 0 Å². The van der Waals surface area contributed by atoms with Gasteiger partial charge in [-0.1, -0.05) is 12.8 Å². The zero-order valence-corrected chi connectivity index (χ0v) is 7.51. The summed E-state index contributed by atoms with van der Waals surface area (Å²) in [4.78, 5) is 0. The van der Waals surface area contributed by atoms with E-state index in [4.69, 9.17) is 9.53 Å². The van der Waals surface area contributed by atoms with Gasteiger partial charge >= 0.3 is 0 Å². The van der Waals surface area contributed by atoms with Gasteiger partial charge in [0.2, 0.25) is 0 Å². The van der Waals surface area contributed by atoms with Crippen LogP contribution in [-0.4, -0.2) is 28.6 Å². The van der Waals surface area contributed by atoms with Crippen molar-refractivity contribution in [1.82, 2.24) is 0 Å². The predicted molar refractivity (Wildman–Crippen MR) is 41.3 cm³/mol. The van der Waals surface area contributed by atoms with E-state index >= 15 is 0 Å². The van der Waals surface area contributed by atoms with Crippen LogP contribution in [0.4, 0.5) is 0 Å². The normalized spacial score (nSPS) is 11.3. The third-order valence-corrected chi connectivity index (χ3v) is 2.45. The Morgan fingerprint density at radius 2 is 2.11 bits per heavy atom. The Bertz CT molecular complexity index is 44.3. The molecule has 0 aliphatic carbocycles. The van der Waals surface area contributed by atoms with E-state index in [0.717, 1.165) is 12.8 Å². The minimum Gasteiger partial charge on any atom is -0.427 e. The molecule has 0 heterocycles. The van der Waals surface area contributed by atoms with Crippen molar-refractivity contribution in [2.45, 2.75) is 25.3 Å². The van der Waals surface area contributed by atoms with E-state index in [1.165, 1.54) is 12.5 Å². The summed E-state index contributed by atoms with van der Waals surface area (Å²) in [6.45, 7) is 0.342. The van der Waals surface area contributed by atoms with E-state index in [2.05, 4.69) is 0 Å². The second kappa shape index (κ2) is 8.14. The summed E-state index contributed by atoms with van der Waals surface area (Å²) in [6.07, 6.45) is 3.35. The lowest BCUT2D eigenvalue weighted by Gasteiger charge is -1.96. The molecule has 0 bridgehead atoms. The molecule has 0 atom stereocenters. The van der Waals surface area contributed by atoms with Crippen molar-refractivity contribution in [3.05, 3.63) is 0 Å². The molecule has 0 aromatic heterocycles. The van der Waals surface area contributed by atoms with Crippen molar-refractivity contribution < 1.29 is 9.53 Å². The largest absolute Gasteiger partial charge is 0.427 e. The molecule has 0 saturated heterocycles. The maximum atomic E-state index is 8.40. The Kier molecular flexibility index (Phi) is 8.26. The van der Waals surface area contributed by atoms with Crippen LogP contribution in [0.15, 0.2) is 0 Å². The number of hydrogen-bond donors (Lipinski definition) is 1. The first kappa shape index (κ1) is 9.14. The fraction of sp³-hybridized carbons (Fsp3) is 1.00. The third-order valence-electron chi connectivity index (χ3n) is 1.26. The highest BCUT2D eigenvalue weighted by molar-refractivity contribution is 6.26. The fourth-order valence-corrected chi connectivity index (χ4v) is 1.56. The fourth-order valence-electron chi connectivity index (χ4n) is 0.712. The number of hydrogen-bond acceptors (Lipinski definition) is 2. The summed E-state index contributed by atoms with van der Waals surface area (Å²) in [5.41, 5.74) is 0. The maximum absolute atomic E-state index is 8.40. The molecule has 0 rings (SSSR count). The van der Waals surface area contributed by atoms with Gasteiger partial charge in [0.25, 0.3) is 0 Å². The molecule has 0 aliphatic rings. The first-order valence-corrected chi connectivity index (χ1v) is 5.09. The zero-order valence-electron chi connectivity index (χ0n) is 6.10. The molecule has 9 heavy (non-hydrogen) atoms. The van der Waals surface area contributed by atoms with Crippen LogP contribution < -0.4 is 0 Å². The van der Waals surface area contributed by atoms with Gasteiger partial charge in [0.1, 0.15) is 0 Å². The molecule has 0 fully saturated rings. The summed E-state index contributed by atoms with van der Waals surface area (Å²) in [6, 6.07) is 1.26. The Morgan fingerprint density at radius 3 is 2.67 bits per heavy atom. The van der Waals surface area contributed by atoms with Crippen LogP contribution in [0.2, 0.25) is 6.04 Å². The number of unbranched alkanes of at least 4 members (excludes halogenated alkanes) is 2. The van der Waals surface area contributed by atoms with Crippen molar-refractivity contribution in [2.75, 3.05) is 13.7 Å². The van der Waals surface area contributed by atoms with Crippen LogP contribution in [-0.2, 0) is 4.43 Å². The Hall–Kier alpha value is 0.137. The lowest BCUT2D eigenvalue weighted by atomic mass is 10.3. The Balaban J connectivity index is 2.60. The molecular formula is C6H16O2Si. The molecule has 0 saturated carbocycles. The van der Waals surface area contributed by atoms with Crippen molar-refractivity contribution in [1.29, 1.82) is 0 Å². The van der Waals surface area contributed by atoms with E-state index in [-0.39, 0.29) is 9.76 Å². The lowest BCUT2D eigenvalue weighted by Crippen LogP contribution is -1.92. The maximum Gasteiger partial charge on any atom is 0.161 e. The molecule has 1 N–H and O–H groups in total. The summed E-state index contributed by atoms with van der Waals surface area (Å²) in [5, 5.41) is 8.40. The van der Waals surface area contributed by atoms with Crippen LogP contribution >= 0.6 is 0 Å². The Morgan fingerprint density at radius 1 is 1.33 bits per heavy atom. The number of aliphatic hydroxyl groups excluding tert-OH is 1. The van der Waals surface area contributed by atoms with Crippen LogP contribution in [0.1, 0.15) is 19.3 Å². The topological polar surface area (TPSA) is 29.5 Å². The van der Waals surface area contributed by atoms with Gasteiger partial charge in [-0.05, 0) is 12.5 Å². The van der Waals surface area contributed by atoms with Gasteiger partial charge in [-0.2, -0.15) is 0 Å². The summed E-state index contributed by atoms with van der Waals surface area (Å²) in [7, 11) is 1.59. The number of aliphatic hydroxyl groups is 1. The monoisotopic (exact) mass is 148 g/mol. The van der Waals surface area contributed by atoms with Gasteiger partial charge < -0.3 is 9.53 Å². The van der Waals surface area contributed by atoms with Crippen molar-refractivity contribution >= 4 is 9.76 Å². The highest BCUT2D eigenvalue weighted by Gasteiger charge is 1.87. The molecular weight excluding hydrogens is 132 g/mol. The van der Waals surface area contributed by atoms with E-state index in [1.54, 1.807) is 7.11 Å². The van der Waals surface area contributed by atoms with Crippen molar-refractivity contribution in [3.8, 4) is 0 Å². The number of rotatable bonds is 6. The first-order chi connectivity index (χ1) is 4.41. The van der Waals surface area contributed by atoms with Crippen LogP contribution in [0.3, 0.4) is 0 Å². The predicted octanol–water partition coefficient (Wildman–Crippen LogP) is 0.297. The molecule has 0 spiro atoms. The molecule has 0 aromatic carbocycles. The van der Waals surface area contributed by atoms with Crippen molar-refractivity contribution in [2.24, 2.45) is 0 Å². The molecule has 0 aliphatic heterocycles. The average Bonchev–Trinajstić information content (AvgIpc) is 1.89. The van der Waals surface area contributed by atoms with Crippen LogP contribution in [0.25, 0.3) is 0 Å². The summed E-state index contributed by atoms with van der Waals surface area (Å²) >= 11 is 0. The van der Waals surface area contributed by atoms with E-state index < -0.39 is 0 Å². The van der Waals surface area contributed by atoms with Gasteiger partial charge in [0.15, 0.2) is 9.76 Å². The summed E-state index contributed by atoms with van der Waals surface area (Å²) < 4.78 is 5.00. The molecule has 56 valence electrons. The van der Waals surface area contributed by atoms with Gasteiger partial charge in [-0.25, -0.2) is 0 Å². The first-order valence-electron chi connectivity index (χ1n) is 3.51. The SMILES string of the molecule is CO[SiH2]CCCCCO. The second-order valence-corrected chi connectivity index (χ2v) is 3.82. The molecule has 0 amide bonds. The minimum atomic E-state index is -0.188. The smallest absolute Gasteiger partial charge is 0.161 e. The van der Waals surface area contributed by atoms with Gasteiger partial charge in [-0.15, -0.1) is 0 Å². The van der Waals surface area contributed by atoms with Gasteiger partial charge in [-0.3, -0.25) is 0 Å². The summed E-state index contributed by atoms with van der Waals surface area (Å²) in [5.74, 6) is 0. The minimum absolute atomic E-state index is 0.188. The molecule has 2 nitrogen and oxygen atoms in total. The standard InChI is InChI=1S/C6H16O2Si/c1-8-9-6-4-2-3-5-7/h7H,2-6,9H2,1H3.